The van der Waals surface area contributed by atoms with E-state index in [0.717, 1.165) is 21.6 Å². The zero-order valence-electron chi connectivity index (χ0n) is 15.8. The summed E-state index contributed by atoms with van der Waals surface area (Å²) in [6.45, 7) is 1.62. The number of rotatable bonds is 8. The van der Waals surface area contributed by atoms with Crippen molar-refractivity contribution in [3.05, 3.63) is 93.7 Å². The van der Waals surface area contributed by atoms with Gasteiger partial charge in [0.15, 0.2) is 0 Å². The molecule has 5 heteroatoms. The minimum absolute atomic E-state index is 0.0946. The molecule has 0 saturated carbocycles. The standard InChI is InChI=1S/C23H25NO3S/c1-16-12-21(28-15-16)23(27)20(14-25)24-22(26)13-19(17-8-4-2-5-9-17)18-10-6-3-7-11-18/h2-12,15,19-20,23,25,27H,13-14H2,1H3,(H,24,26)/t20-,23-/m0/s1. The van der Waals surface area contributed by atoms with E-state index in [2.05, 4.69) is 5.32 Å². The van der Waals surface area contributed by atoms with E-state index in [1.165, 1.54) is 11.3 Å². The molecule has 0 spiro atoms. The summed E-state index contributed by atoms with van der Waals surface area (Å²) in [7, 11) is 0. The Morgan fingerprint density at radius 2 is 1.61 bits per heavy atom. The number of hydrogen-bond acceptors (Lipinski definition) is 4. The number of carbonyl (C=O) groups is 1. The molecule has 146 valence electrons. The molecule has 3 N–H and O–H groups in total. The first-order chi connectivity index (χ1) is 13.6. The predicted octanol–water partition coefficient (Wildman–Crippen LogP) is 3.79. The number of nitrogens with one attached hydrogen (secondary N) is 1. The van der Waals surface area contributed by atoms with Crippen molar-refractivity contribution in [1.29, 1.82) is 0 Å². The van der Waals surface area contributed by atoms with E-state index >= 15 is 0 Å². The first kappa shape index (κ1) is 20.3. The van der Waals surface area contributed by atoms with E-state index in [0.29, 0.717) is 0 Å². The number of hydrogen-bond donors (Lipinski definition) is 3. The number of aliphatic hydroxyl groups is 2. The van der Waals surface area contributed by atoms with E-state index in [4.69, 9.17) is 0 Å². The van der Waals surface area contributed by atoms with Crippen molar-refractivity contribution in [1.82, 2.24) is 5.32 Å². The molecule has 0 unspecified atom stereocenters. The number of benzene rings is 2. The van der Waals surface area contributed by atoms with Crippen molar-refractivity contribution in [3.63, 3.8) is 0 Å². The summed E-state index contributed by atoms with van der Waals surface area (Å²) in [5.74, 6) is -0.299. The second-order valence-electron chi connectivity index (χ2n) is 6.91. The third-order valence-electron chi connectivity index (χ3n) is 4.76. The Morgan fingerprint density at radius 1 is 1.04 bits per heavy atom. The molecule has 3 aromatic rings. The summed E-state index contributed by atoms with van der Waals surface area (Å²) in [4.78, 5) is 13.5. The minimum Gasteiger partial charge on any atom is -0.394 e. The van der Waals surface area contributed by atoms with Crippen LogP contribution in [0.4, 0.5) is 0 Å². The van der Waals surface area contributed by atoms with E-state index in [-0.39, 0.29) is 24.9 Å². The van der Waals surface area contributed by atoms with Crippen LogP contribution in [0.5, 0.6) is 0 Å². The Bertz CT molecular complexity index is 840. The number of amides is 1. The first-order valence-corrected chi connectivity index (χ1v) is 10.2. The average Bonchev–Trinajstić information content (AvgIpc) is 3.17. The Labute approximate surface area is 169 Å². The van der Waals surface area contributed by atoms with Gasteiger partial charge in [-0.15, -0.1) is 11.3 Å². The highest BCUT2D eigenvalue weighted by Gasteiger charge is 2.25. The topological polar surface area (TPSA) is 69.6 Å². The normalized spacial score (nSPS) is 13.3. The van der Waals surface area contributed by atoms with Gasteiger partial charge in [-0.05, 0) is 35.1 Å². The molecule has 28 heavy (non-hydrogen) atoms. The molecule has 2 aromatic carbocycles. The fourth-order valence-electron chi connectivity index (χ4n) is 3.28. The molecule has 1 heterocycles. The minimum atomic E-state index is -0.931. The Morgan fingerprint density at radius 3 is 2.07 bits per heavy atom. The summed E-state index contributed by atoms with van der Waals surface area (Å²) < 4.78 is 0. The lowest BCUT2D eigenvalue weighted by molar-refractivity contribution is -0.123. The molecule has 0 bridgehead atoms. The van der Waals surface area contributed by atoms with Crippen LogP contribution in [0.15, 0.2) is 72.1 Å². The third-order valence-corrected chi connectivity index (χ3v) is 5.88. The number of aliphatic hydroxyl groups excluding tert-OH is 2. The number of aryl methyl sites for hydroxylation is 1. The highest BCUT2D eigenvalue weighted by atomic mass is 32.1. The molecule has 1 aromatic heterocycles. The molecule has 0 aliphatic heterocycles. The van der Waals surface area contributed by atoms with Gasteiger partial charge in [0, 0.05) is 17.2 Å². The van der Waals surface area contributed by atoms with Crippen LogP contribution in [-0.4, -0.2) is 28.8 Å². The van der Waals surface area contributed by atoms with E-state index in [1.807, 2.05) is 79.0 Å². The van der Waals surface area contributed by atoms with Crippen molar-refractivity contribution < 1.29 is 15.0 Å². The van der Waals surface area contributed by atoms with E-state index in [1.54, 1.807) is 0 Å². The Balaban J connectivity index is 1.74. The van der Waals surface area contributed by atoms with Crippen molar-refractivity contribution in [2.45, 2.75) is 31.4 Å². The molecule has 4 nitrogen and oxygen atoms in total. The molecule has 2 atom stereocenters. The molecule has 0 aliphatic rings. The lowest BCUT2D eigenvalue weighted by Crippen LogP contribution is -2.42. The number of carbonyl (C=O) groups excluding carboxylic acids is 1. The second kappa shape index (κ2) is 9.64. The Hall–Kier alpha value is -2.47. The van der Waals surface area contributed by atoms with Gasteiger partial charge in [0.2, 0.25) is 5.91 Å². The van der Waals surface area contributed by atoms with Crippen molar-refractivity contribution in [3.8, 4) is 0 Å². The molecular formula is C23H25NO3S. The van der Waals surface area contributed by atoms with Crippen LogP contribution in [0, 0.1) is 6.92 Å². The quantitative estimate of drug-likeness (QED) is 0.543. The molecule has 0 aliphatic carbocycles. The monoisotopic (exact) mass is 395 g/mol. The van der Waals surface area contributed by atoms with Crippen molar-refractivity contribution in [2.75, 3.05) is 6.61 Å². The maximum absolute atomic E-state index is 12.8. The summed E-state index contributed by atoms with van der Waals surface area (Å²) in [5, 5.41) is 25.0. The maximum Gasteiger partial charge on any atom is 0.221 e. The van der Waals surface area contributed by atoms with Gasteiger partial charge < -0.3 is 15.5 Å². The van der Waals surface area contributed by atoms with Gasteiger partial charge in [0.25, 0.3) is 0 Å². The zero-order chi connectivity index (χ0) is 19.9. The van der Waals surface area contributed by atoms with Gasteiger partial charge in [-0.3, -0.25) is 4.79 Å². The van der Waals surface area contributed by atoms with Crippen LogP contribution in [0.25, 0.3) is 0 Å². The van der Waals surface area contributed by atoms with Gasteiger partial charge in [-0.25, -0.2) is 0 Å². The lowest BCUT2D eigenvalue weighted by Gasteiger charge is -2.23. The summed E-state index contributed by atoms with van der Waals surface area (Å²) in [6.07, 6.45) is -0.694. The lowest BCUT2D eigenvalue weighted by atomic mass is 9.88. The Kier molecular flexibility index (Phi) is 6.98. The fourth-order valence-corrected chi connectivity index (χ4v) is 4.23. The van der Waals surface area contributed by atoms with E-state index in [9.17, 15) is 15.0 Å². The average molecular weight is 396 g/mol. The number of thiophene rings is 1. The van der Waals surface area contributed by atoms with Gasteiger partial charge in [-0.2, -0.15) is 0 Å². The summed E-state index contributed by atoms with van der Waals surface area (Å²) >= 11 is 1.42. The first-order valence-electron chi connectivity index (χ1n) is 9.31. The predicted molar refractivity (Wildman–Crippen MR) is 112 cm³/mol. The van der Waals surface area contributed by atoms with Crippen LogP contribution >= 0.6 is 11.3 Å². The summed E-state index contributed by atoms with van der Waals surface area (Å²) in [5.41, 5.74) is 3.16. The molecule has 0 fully saturated rings. The van der Waals surface area contributed by atoms with E-state index < -0.39 is 12.1 Å². The molecular weight excluding hydrogens is 370 g/mol. The molecule has 0 saturated heterocycles. The van der Waals surface area contributed by atoms with Crippen LogP contribution in [0.1, 0.15) is 40.0 Å². The van der Waals surface area contributed by atoms with Gasteiger partial charge in [0.05, 0.1) is 12.6 Å². The van der Waals surface area contributed by atoms with Crippen LogP contribution in [0.2, 0.25) is 0 Å². The molecule has 3 rings (SSSR count). The summed E-state index contributed by atoms with van der Waals surface area (Å²) in [6, 6.07) is 20.9. The molecule has 1 amide bonds. The largest absolute Gasteiger partial charge is 0.394 e. The van der Waals surface area contributed by atoms with Crippen LogP contribution in [-0.2, 0) is 4.79 Å². The second-order valence-corrected chi connectivity index (χ2v) is 7.85. The maximum atomic E-state index is 12.8. The van der Waals surface area contributed by atoms with Crippen LogP contribution < -0.4 is 5.32 Å². The van der Waals surface area contributed by atoms with Crippen molar-refractivity contribution in [2.24, 2.45) is 0 Å². The van der Waals surface area contributed by atoms with Gasteiger partial charge in [-0.1, -0.05) is 60.7 Å². The van der Waals surface area contributed by atoms with Crippen LogP contribution in [0.3, 0.4) is 0 Å². The third kappa shape index (κ3) is 5.07. The fraction of sp³-hybridized carbons (Fsp3) is 0.261. The van der Waals surface area contributed by atoms with Gasteiger partial charge >= 0.3 is 0 Å². The SMILES string of the molecule is Cc1csc([C@@H](O)[C@H](CO)NC(=O)CC(c2ccccc2)c2ccccc2)c1. The van der Waals surface area contributed by atoms with Gasteiger partial charge in [0.1, 0.15) is 6.10 Å². The highest BCUT2D eigenvalue weighted by molar-refractivity contribution is 7.10. The highest BCUT2D eigenvalue weighted by Crippen LogP contribution is 2.29. The zero-order valence-corrected chi connectivity index (χ0v) is 16.6. The smallest absolute Gasteiger partial charge is 0.221 e. The molecule has 0 radical (unpaired) electrons. The van der Waals surface area contributed by atoms with Crippen molar-refractivity contribution >= 4 is 17.2 Å².